The minimum absolute atomic E-state index is 0.137. The first-order chi connectivity index (χ1) is 7.09. The van der Waals surface area contributed by atoms with Gasteiger partial charge in [0.15, 0.2) is 0 Å². The Morgan fingerprint density at radius 1 is 1.27 bits per heavy atom. The van der Waals surface area contributed by atoms with Gasteiger partial charge in [0.05, 0.1) is 5.69 Å². The summed E-state index contributed by atoms with van der Waals surface area (Å²) in [6.45, 7) is 1.76. The van der Waals surface area contributed by atoms with Gasteiger partial charge in [0, 0.05) is 17.4 Å². The molecular formula is C11H10ClNO2. The van der Waals surface area contributed by atoms with Gasteiger partial charge in [-0.25, -0.2) is 0 Å². The van der Waals surface area contributed by atoms with Crippen molar-refractivity contribution in [2.45, 2.75) is 13.3 Å². The van der Waals surface area contributed by atoms with Crippen molar-refractivity contribution >= 4 is 29.1 Å². The lowest BCUT2D eigenvalue weighted by molar-refractivity contribution is -0.122. The quantitative estimate of drug-likeness (QED) is 0.685. The normalized spacial score (nSPS) is 21.2. The van der Waals surface area contributed by atoms with Gasteiger partial charge in [0.1, 0.15) is 0 Å². The van der Waals surface area contributed by atoms with Crippen molar-refractivity contribution in [1.29, 1.82) is 0 Å². The zero-order valence-electron chi connectivity index (χ0n) is 8.24. The van der Waals surface area contributed by atoms with Crippen LogP contribution in [-0.4, -0.2) is 11.8 Å². The summed E-state index contributed by atoms with van der Waals surface area (Å²) in [7, 11) is 0. The van der Waals surface area contributed by atoms with E-state index in [2.05, 4.69) is 0 Å². The molecule has 78 valence electrons. The lowest BCUT2D eigenvalue weighted by atomic mass is 10.1. The largest absolute Gasteiger partial charge is 0.274 e. The van der Waals surface area contributed by atoms with Crippen LogP contribution < -0.4 is 4.90 Å². The molecule has 0 radical (unpaired) electrons. The zero-order valence-corrected chi connectivity index (χ0v) is 8.99. The summed E-state index contributed by atoms with van der Waals surface area (Å²) in [6.07, 6.45) is 0.293. The summed E-state index contributed by atoms with van der Waals surface area (Å²) in [5.41, 5.74) is 0.596. The van der Waals surface area contributed by atoms with Crippen molar-refractivity contribution in [2.24, 2.45) is 5.92 Å². The van der Waals surface area contributed by atoms with E-state index in [-0.39, 0.29) is 17.7 Å². The molecule has 0 aromatic heterocycles. The smallest absolute Gasteiger partial charge is 0.237 e. The van der Waals surface area contributed by atoms with Crippen LogP contribution in [0.2, 0.25) is 5.02 Å². The molecule has 2 amide bonds. The Labute approximate surface area is 92.6 Å². The standard InChI is InChI=1S/C11H10ClNO2/c1-7-6-10(14)13(11(7)15)9-4-2-8(12)3-5-9/h2-5,7H,6H2,1H3/t7-/m1/s1. The number of halogens is 1. The average molecular weight is 224 g/mol. The number of anilines is 1. The SMILES string of the molecule is C[C@@H]1CC(=O)N(c2ccc(Cl)cc2)C1=O. The molecule has 1 aliphatic heterocycles. The van der Waals surface area contributed by atoms with Crippen LogP contribution in [-0.2, 0) is 9.59 Å². The van der Waals surface area contributed by atoms with E-state index in [0.717, 1.165) is 0 Å². The topological polar surface area (TPSA) is 37.4 Å². The number of amides is 2. The fraction of sp³-hybridized carbons (Fsp3) is 0.273. The van der Waals surface area contributed by atoms with Crippen molar-refractivity contribution in [2.75, 3.05) is 4.90 Å². The van der Waals surface area contributed by atoms with Gasteiger partial charge in [-0.2, -0.15) is 0 Å². The van der Waals surface area contributed by atoms with Crippen molar-refractivity contribution in [3.05, 3.63) is 29.3 Å². The first kappa shape index (κ1) is 10.2. The first-order valence-corrected chi connectivity index (χ1v) is 5.10. The third-order valence-electron chi connectivity index (χ3n) is 2.46. The fourth-order valence-corrected chi connectivity index (χ4v) is 1.77. The van der Waals surface area contributed by atoms with Crippen molar-refractivity contribution in [3.63, 3.8) is 0 Å². The van der Waals surface area contributed by atoms with Gasteiger partial charge in [-0.3, -0.25) is 14.5 Å². The Bertz CT molecular complexity index is 413. The number of hydrogen-bond acceptors (Lipinski definition) is 2. The molecule has 0 N–H and O–H groups in total. The lowest BCUT2D eigenvalue weighted by Gasteiger charge is -2.13. The van der Waals surface area contributed by atoms with Crippen molar-refractivity contribution < 1.29 is 9.59 Å². The maximum Gasteiger partial charge on any atom is 0.237 e. The predicted molar refractivity (Wildman–Crippen MR) is 57.7 cm³/mol. The minimum atomic E-state index is -0.215. The molecule has 0 spiro atoms. The average Bonchev–Trinajstić information content (AvgIpc) is 2.44. The van der Waals surface area contributed by atoms with Crippen molar-refractivity contribution in [1.82, 2.24) is 0 Å². The van der Waals surface area contributed by atoms with Crippen LogP contribution in [0.25, 0.3) is 0 Å². The van der Waals surface area contributed by atoms with E-state index in [0.29, 0.717) is 17.1 Å². The number of hydrogen-bond donors (Lipinski definition) is 0. The van der Waals surface area contributed by atoms with Gasteiger partial charge in [-0.1, -0.05) is 18.5 Å². The second kappa shape index (κ2) is 3.66. The molecule has 4 heteroatoms. The number of benzene rings is 1. The highest BCUT2D eigenvalue weighted by atomic mass is 35.5. The molecule has 2 rings (SSSR count). The van der Waals surface area contributed by atoms with Gasteiger partial charge in [0.2, 0.25) is 11.8 Å². The van der Waals surface area contributed by atoms with Crippen LogP contribution in [0.4, 0.5) is 5.69 Å². The molecule has 15 heavy (non-hydrogen) atoms. The number of carbonyl (C=O) groups is 2. The Balaban J connectivity index is 2.35. The summed E-state index contributed by atoms with van der Waals surface area (Å²) in [5.74, 6) is -0.495. The second-order valence-corrected chi connectivity index (χ2v) is 4.09. The molecule has 1 aromatic rings. The Kier molecular flexibility index (Phi) is 2.49. The lowest BCUT2D eigenvalue weighted by Crippen LogP contribution is -2.29. The molecule has 3 nitrogen and oxygen atoms in total. The van der Waals surface area contributed by atoms with Crippen LogP contribution in [0.3, 0.4) is 0 Å². The summed E-state index contributed by atoms with van der Waals surface area (Å²) in [5, 5.41) is 0.589. The molecule has 0 bridgehead atoms. The third-order valence-corrected chi connectivity index (χ3v) is 2.71. The molecule has 0 saturated carbocycles. The number of rotatable bonds is 1. The zero-order chi connectivity index (χ0) is 11.0. The minimum Gasteiger partial charge on any atom is -0.274 e. The maximum absolute atomic E-state index is 11.7. The monoisotopic (exact) mass is 223 g/mol. The highest BCUT2D eigenvalue weighted by Crippen LogP contribution is 2.26. The van der Waals surface area contributed by atoms with Crippen LogP contribution in [0.1, 0.15) is 13.3 Å². The molecule has 1 heterocycles. The van der Waals surface area contributed by atoms with E-state index < -0.39 is 0 Å². The molecule has 1 fully saturated rings. The van der Waals surface area contributed by atoms with E-state index in [1.807, 2.05) is 0 Å². The molecule has 1 aromatic carbocycles. The Morgan fingerprint density at radius 3 is 2.33 bits per heavy atom. The summed E-state index contributed by atoms with van der Waals surface area (Å²) in [6, 6.07) is 6.69. The summed E-state index contributed by atoms with van der Waals surface area (Å²) in [4.78, 5) is 24.4. The van der Waals surface area contributed by atoms with Gasteiger partial charge in [-0.05, 0) is 24.3 Å². The number of imide groups is 1. The predicted octanol–water partition coefficient (Wildman–Crippen LogP) is 2.24. The van der Waals surface area contributed by atoms with Gasteiger partial charge < -0.3 is 0 Å². The number of nitrogens with zero attached hydrogens (tertiary/aromatic N) is 1. The third kappa shape index (κ3) is 1.75. The van der Waals surface area contributed by atoms with Gasteiger partial charge >= 0.3 is 0 Å². The highest BCUT2D eigenvalue weighted by molar-refractivity contribution is 6.30. The Morgan fingerprint density at radius 2 is 1.87 bits per heavy atom. The Hall–Kier alpha value is -1.35. The molecule has 1 saturated heterocycles. The van der Waals surface area contributed by atoms with E-state index in [1.54, 1.807) is 31.2 Å². The van der Waals surface area contributed by atoms with Crippen molar-refractivity contribution in [3.8, 4) is 0 Å². The van der Waals surface area contributed by atoms with E-state index in [1.165, 1.54) is 4.90 Å². The van der Waals surface area contributed by atoms with Gasteiger partial charge in [0.25, 0.3) is 0 Å². The van der Waals surface area contributed by atoms with E-state index in [4.69, 9.17) is 11.6 Å². The molecule has 1 aliphatic rings. The fourth-order valence-electron chi connectivity index (χ4n) is 1.65. The second-order valence-electron chi connectivity index (χ2n) is 3.65. The number of carbonyl (C=O) groups excluding carboxylic acids is 2. The van der Waals surface area contributed by atoms with E-state index in [9.17, 15) is 9.59 Å². The maximum atomic E-state index is 11.7. The van der Waals surface area contributed by atoms with Gasteiger partial charge in [-0.15, -0.1) is 0 Å². The van der Waals surface area contributed by atoms with Crippen LogP contribution in [0.15, 0.2) is 24.3 Å². The molecule has 0 unspecified atom stereocenters. The molecule has 1 atom stereocenters. The molecular weight excluding hydrogens is 214 g/mol. The van der Waals surface area contributed by atoms with Crippen LogP contribution in [0.5, 0.6) is 0 Å². The van der Waals surface area contributed by atoms with Crippen LogP contribution >= 0.6 is 11.6 Å². The highest BCUT2D eigenvalue weighted by Gasteiger charge is 2.36. The van der Waals surface area contributed by atoms with Crippen LogP contribution in [0, 0.1) is 5.92 Å². The molecule has 0 aliphatic carbocycles. The summed E-state index contributed by atoms with van der Waals surface area (Å²) >= 11 is 5.73. The summed E-state index contributed by atoms with van der Waals surface area (Å²) < 4.78 is 0. The van der Waals surface area contributed by atoms with E-state index >= 15 is 0 Å². The first-order valence-electron chi connectivity index (χ1n) is 4.72.